The summed E-state index contributed by atoms with van der Waals surface area (Å²) in [6.45, 7) is 11.4. The fourth-order valence-electron chi connectivity index (χ4n) is 3.37. The van der Waals surface area contributed by atoms with E-state index in [4.69, 9.17) is 0 Å². The Hall–Kier alpha value is -0.0800. The van der Waals surface area contributed by atoms with Crippen molar-refractivity contribution in [2.45, 2.75) is 66.2 Å². The van der Waals surface area contributed by atoms with Gasteiger partial charge in [-0.05, 0) is 37.0 Å². The average Bonchev–Trinajstić information content (AvgIpc) is 2.76. The van der Waals surface area contributed by atoms with Crippen LogP contribution in [0.3, 0.4) is 0 Å². The molecule has 2 nitrogen and oxygen atoms in total. The summed E-state index contributed by atoms with van der Waals surface area (Å²) in [4.78, 5) is 0. The fourth-order valence-corrected chi connectivity index (χ4v) is 3.37. The summed E-state index contributed by atoms with van der Waals surface area (Å²) in [6, 6.07) is 0. The van der Waals surface area contributed by atoms with Crippen LogP contribution in [0, 0.1) is 16.7 Å². The lowest BCUT2D eigenvalue weighted by Gasteiger charge is -2.34. The van der Waals surface area contributed by atoms with Gasteiger partial charge in [0.05, 0.1) is 0 Å². The number of aliphatic hydroxyl groups excluding tert-OH is 1. The number of hydrogen-bond donors (Lipinski definition) is 2. The Labute approximate surface area is 114 Å². The third kappa shape index (κ3) is 4.55. The van der Waals surface area contributed by atoms with Crippen LogP contribution in [-0.2, 0) is 0 Å². The van der Waals surface area contributed by atoms with Crippen LogP contribution in [0.1, 0.15) is 66.2 Å². The van der Waals surface area contributed by atoms with Gasteiger partial charge in [0, 0.05) is 25.1 Å². The molecule has 1 aliphatic carbocycles. The van der Waals surface area contributed by atoms with Crippen molar-refractivity contribution in [3.05, 3.63) is 0 Å². The molecule has 1 atom stereocenters. The zero-order valence-electron chi connectivity index (χ0n) is 12.9. The molecule has 0 radical (unpaired) electrons. The summed E-state index contributed by atoms with van der Waals surface area (Å²) in [5.41, 5.74) is 0.593. The Morgan fingerprint density at radius 3 is 2.33 bits per heavy atom. The highest BCUT2D eigenvalue weighted by Crippen LogP contribution is 2.42. The number of hydrogen-bond acceptors (Lipinski definition) is 2. The first kappa shape index (κ1) is 16.0. The van der Waals surface area contributed by atoms with Crippen molar-refractivity contribution < 1.29 is 5.11 Å². The predicted octanol–water partition coefficient (Wildman–Crippen LogP) is 3.59. The Morgan fingerprint density at radius 2 is 1.89 bits per heavy atom. The summed E-state index contributed by atoms with van der Waals surface area (Å²) in [6.07, 6.45) is 7.97. The average molecular weight is 255 g/mol. The van der Waals surface area contributed by atoms with Gasteiger partial charge in [0.2, 0.25) is 0 Å². The lowest BCUT2D eigenvalue weighted by molar-refractivity contribution is 0.126. The van der Waals surface area contributed by atoms with Crippen LogP contribution >= 0.6 is 0 Å². The van der Waals surface area contributed by atoms with E-state index in [9.17, 15) is 5.11 Å². The van der Waals surface area contributed by atoms with Gasteiger partial charge < -0.3 is 10.4 Å². The van der Waals surface area contributed by atoms with Crippen molar-refractivity contribution in [1.82, 2.24) is 5.32 Å². The van der Waals surface area contributed by atoms with Crippen LogP contribution in [-0.4, -0.2) is 24.8 Å². The van der Waals surface area contributed by atoms with Gasteiger partial charge in [0.15, 0.2) is 0 Å². The van der Waals surface area contributed by atoms with Gasteiger partial charge in [-0.2, -0.15) is 0 Å². The highest BCUT2D eigenvalue weighted by Gasteiger charge is 2.34. The van der Waals surface area contributed by atoms with Crippen LogP contribution in [0.2, 0.25) is 0 Å². The first-order chi connectivity index (χ1) is 8.45. The summed E-state index contributed by atoms with van der Waals surface area (Å²) >= 11 is 0. The quantitative estimate of drug-likeness (QED) is 0.694. The van der Waals surface area contributed by atoms with Crippen molar-refractivity contribution in [2.24, 2.45) is 16.7 Å². The van der Waals surface area contributed by atoms with E-state index in [1.807, 2.05) is 0 Å². The number of rotatable bonds is 8. The molecule has 0 spiro atoms. The molecule has 1 aliphatic rings. The zero-order valence-corrected chi connectivity index (χ0v) is 12.9. The van der Waals surface area contributed by atoms with Gasteiger partial charge in [0.25, 0.3) is 0 Å². The molecule has 1 saturated carbocycles. The van der Waals surface area contributed by atoms with E-state index in [2.05, 4.69) is 33.0 Å². The van der Waals surface area contributed by atoms with Crippen molar-refractivity contribution >= 4 is 0 Å². The normalized spacial score (nSPS) is 22.3. The first-order valence-electron chi connectivity index (χ1n) is 7.77. The molecule has 0 bridgehead atoms. The van der Waals surface area contributed by atoms with Crippen LogP contribution < -0.4 is 5.32 Å². The maximum Gasteiger partial charge on any atom is 0.0496 e. The molecule has 0 amide bonds. The second-order valence-corrected chi connectivity index (χ2v) is 7.23. The molecule has 18 heavy (non-hydrogen) atoms. The van der Waals surface area contributed by atoms with Gasteiger partial charge in [-0.3, -0.25) is 0 Å². The summed E-state index contributed by atoms with van der Waals surface area (Å²) in [5.74, 6) is 0.792. The lowest BCUT2D eigenvalue weighted by atomic mass is 9.78. The van der Waals surface area contributed by atoms with Gasteiger partial charge in [0.1, 0.15) is 0 Å². The van der Waals surface area contributed by atoms with Crippen LogP contribution in [0.25, 0.3) is 0 Å². The maximum absolute atomic E-state index is 9.45. The van der Waals surface area contributed by atoms with Crippen molar-refractivity contribution in [3.8, 4) is 0 Å². The third-order valence-corrected chi connectivity index (χ3v) is 4.79. The standard InChI is InChI=1S/C16H33NO/c1-5-15(4,13-18)11-17-12-16(10-14(2)3)8-6-7-9-16/h14,17-18H,5-13H2,1-4H3. The Kier molecular flexibility index (Phi) is 6.13. The molecule has 0 heterocycles. The Bertz CT molecular complexity index is 227. The minimum Gasteiger partial charge on any atom is -0.396 e. The van der Waals surface area contributed by atoms with Crippen LogP contribution in [0.15, 0.2) is 0 Å². The summed E-state index contributed by atoms with van der Waals surface area (Å²) < 4.78 is 0. The van der Waals surface area contributed by atoms with E-state index in [0.717, 1.165) is 25.4 Å². The largest absolute Gasteiger partial charge is 0.396 e. The molecular weight excluding hydrogens is 222 g/mol. The molecule has 1 unspecified atom stereocenters. The predicted molar refractivity (Wildman–Crippen MR) is 78.7 cm³/mol. The number of nitrogens with one attached hydrogen (secondary N) is 1. The van der Waals surface area contributed by atoms with E-state index in [1.165, 1.54) is 32.1 Å². The highest BCUT2D eigenvalue weighted by molar-refractivity contribution is 4.88. The van der Waals surface area contributed by atoms with Crippen LogP contribution in [0.4, 0.5) is 0 Å². The molecule has 0 aromatic rings. The van der Waals surface area contributed by atoms with Gasteiger partial charge in [-0.1, -0.05) is 40.5 Å². The zero-order chi connectivity index (χ0) is 13.6. The van der Waals surface area contributed by atoms with E-state index in [-0.39, 0.29) is 12.0 Å². The molecule has 108 valence electrons. The van der Waals surface area contributed by atoms with Crippen molar-refractivity contribution in [3.63, 3.8) is 0 Å². The molecule has 0 aromatic carbocycles. The topological polar surface area (TPSA) is 32.3 Å². The Morgan fingerprint density at radius 1 is 1.28 bits per heavy atom. The van der Waals surface area contributed by atoms with E-state index in [1.54, 1.807) is 0 Å². The van der Waals surface area contributed by atoms with Gasteiger partial charge >= 0.3 is 0 Å². The highest BCUT2D eigenvalue weighted by atomic mass is 16.3. The second kappa shape index (κ2) is 6.91. The summed E-state index contributed by atoms with van der Waals surface area (Å²) in [7, 11) is 0. The molecule has 1 fully saturated rings. The summed E-state index contributed by atoms with van der Waals surface area (Å²) in [5, 5.41) is 13.1. The van der Waals surface area contributed by atoms with Gasteiger partial charge in [-0.15, -0.1) is 0 Å². The van der Waals surface area contributed by atoms with Crippen LogP contribution in [0.5, 0.6) is 0 Å². The van der Waals surface area contributed by atoms with E-state index in [0.29, 0.717) is 5.41 Å². The molecule has 2 heteroatoms. The molecule has 2 N–H and O–H groups in total. The molecule has 0 aliphatic heterocycles. The first-order valence-corrected chi connectivity index (χ1v) is 7.77. The SMILES string of the molecule is CCC(C)(CO)CNCC1(CC(C)C)CCCC1. The molecule has 0 saturated heterocycles. The smallest absolute Gasteiger partial charge is 0.0496 e. The van der Waals surface area contributed by atoms with E-state index < -0.39 is 0 Å². The second-order valence-electron chi connectivity index (χ2n) is 7.23. The minimum absolute atomic E-state index is 0.0532. The van der Waals surface area contributed by atoms with E-state index >= 15 is 0 Å². The lowest BCUT2D eigenvalue weighted by Crippen LogP contribution is -2.40. The van der Waals surface area contributed by atoms with Gasteiger partial charge in [-0.25, -0.2) is 0 Å². The molecule has 0 aromatic heterocycles. The van der Waals surface area contributed by atoms with Crippen molar-refractivity contribution in [2.75, 3.05) is 19.7 Å². The van der Waals surface area contributed by atoms with Crippen molar-refractivity contribution in [1.29, 1.82) is 0 Å². The number of aliphatic hydroxyl groups is 1. The third-order valence-electron chi connectivity index (χ3n) is 4.79. The fraction of sp³-hybridized carbons (Fsp3) is 1.00. The Balaban J connectivity index is 2.43. The minimum atomic E-state index is 0.0532. The monoisotopic (exact) mass is 255 g/mol. The molecule has 1 rings (SSSR count). The maximum atomic E-state index is 9.45. The molecular formula is C16H33NO.